The molecule has 14 heavy (non-hydrogen) atoms. The largest absolute Gasteiger partial charge is 0.299 e. The van der Waals surface area contributed by atoms with Crippen LogP contribution in [0.2, 0.25) is 0 Å². The summed E-state index contributed by atoms with van der Waals surface area (Å²) >= 11 is 0. The van der Waals surface area contributed by atoms with Crippen molar-refractivity contribution in [2.45, 2.75) is 46.5 Å². The first-order chi connectivity index (χ1) is 6.54. The third-order valence-electron chi connectivity index (χ3n) is 4.43. The first-order valence-corrected chi connectivity index (χ1v) is 5.76. The van der Waals surface area contributed by atoms with Crippen molar-refractivity contribution >= 4 is 5.78 Å². The zero-order chi connectivity index (χ0) is 10.3. The number of carbonyl (C=O) groups excluding carboxylic acids is 1. The minimum Gasteiger partial charge on any atom is -0.299 e. The molecule has 78 valence electrons. The number of hydrogen-bond acceptors (Lipinski definition) is 1. The number of hydrogen-bond donors (Lipinski definition) is 0. The fourth-order valence-corrected chi connectivity index (χ4v) is 2.96. The summed E-state index contributed by atoms with van der Waals surface area (Å²) in [5.74, 6) is 1.41. The number of Topliss-reactive ketones (excluding diaryl/α,β-unsaturated/α-hetero) is 1. The highest BCUT2D eigenvalue weighted by atomic mass is 16.1. The molecule has 2 rings (SSSR count). The lowest BCUT2D eigenvalue weighted by atomic mass is 9.59. The Bertz CT molecular complexity index is 290. The molecule has 0 N–H and O–H groups in total. The molecule has 3 atom stereocenters. The molecule has 0 aromatic carbocycles. The molecule has 0 amide bonds. The van der Waals surface area contributed by atoms with Gasteiger partial charge < -0.3 is 0 Å². The second kappa shape index (κ2) is 3.22. The van der Waals surface area contributed by atoms with E-state index in [-0.39, 0.29) is 11.3 Å². The molecule has 0 aromatic heterocycles. The molecule has 1 nitrogen and oxygen atoms in total. The summed E-state index contributed by atoms with van der Waals surface area (Å²) in [6.45, 7) is 6.66. The maximum absolute atomic E-state index is 11.8. The summed E-state index contributed by atoms with van der Waals surface area (Å²) in [7, 11) is 0. The number of ketones is 1. The Morgan fingerprint density at radius 2 is 2.14 bits per heavy atom. The third kappa shape index (κ3) is 1.34. The summed E-state index contributed by atoms with van der Waals surface area (Å²) in [6.07, 6.45) is 6.65. The van der Waals surface area contributed by atoms with E-state index in [1.54, 1.807) is 5.57 Å². The molecule has 0 saturated heterocycles. The van der Waals surface area contributed by atoms with Gasteiger partial charge in [-0.05, 0) is 30.6 Å². The van der Waals surface area contributed by atoms with Crippen LogP contribution in [0.5, 0.6) is 0 Å². The second-order valence-corrected chi connectivity index (χ2v) is 5.37. The van der Waals surface area contributed by atoms with E-state index in [9.17, 15) is 4.79 Å². The predicted molar refractivity (Wildman–Crippen MR) is 58.0 cm³/mol. The Balaban J connectivity index is 2.32. The Morgan fingerprint density at radius 3 is 2.86 bits per heavy atom. The van der Waals surface area contributed by atoms with Crippen LogP contribution in [0.25, 0.3) is 0 Å². The van der Waals surface area contributed by atoms with E-state index >= 15 is 0 Å². The number of fused-ring (bicyclic) bond motifs is 1. The zero-order valence-electron chi connectivity index (χ0n) is 9.47. The highest BCUT2D eigenvalue weighted by Gasteiger charge is 2.43. The summed E-state index contributed by atoms with van der Waals surface area (Å²) < 4.78 is 0. The first-order valence-electron chi connectivity index (χ1n) is 5.76. The lowest BCUT2D eigenvalue weighted by molar-refractivity contribution is -0.126. The van der Waals surface area contributed by atoms with Crippen LogP contribution in [0.3, 0.4) is 0 Å². The number of rotatable bonds is 0. The van der Waals surface area contributed by atoms with E-state index in [1.807, 2.05) is 0 Å². The Morgan fingerprint density at radius 1 is 1.43 bits per heavy atom. The molecular formula is C13H20O. The predicted octanol–water partition coefficient (Wildman–Crippen LogP) is 3.35. The fraction of sp³-hybridized carbons (Fsp3) is 0.769. The molecule has 2 aliphatic rings. The van der Waals surface area contributed by atoms with Crippen LogP contribution < -0.4 is 0 Å². The highest BCUT2D eigenvalue weighted by molar-refractivity contribution is 5.83. The maximum Gasteiger partial charge on any atom is 0.136 e. The van der Waals surface area contributed by atoms with E-state index in [4.69, 9.17) is 0 Å². The average Bonchev–Trinajstić information content (AvgIpc) is 2.11. The summed E-state index contributed by atoms with van der Waals surface area (Å²) in [5, 5.41) is 0. The molecule has 0 aliphatic heterocycles. The Hall–Kier alpha value is -0.590. The van der Waals surface area contributed by atoms with Crippen molar-refractivity contribution in [1.82, 2.24) is 0 Å². The van der Waals surface area contributed by atoms with Crippen molar-refractivity contribution in [1.29, 1.82) is 0 Å². The second-order valence-electron chi connectivity index (χ2n) is 5.37. The normalized spacial score (nSPS) is 43.1. The van der Waals surface area contributed by atoms with E-state index in [0.29, 0.717) is 11.7 Å². The van der Waals surface area contributed by atoms with Crippen molar-refractivity contribution in [3.8, 4) is 0 Å². The topological polar surface area (TPSA) is 17.1 Å². The smallest absolute Gasteiger partial charge is 0.136 e. The van der Waals surface area contributed by atoms with Gasteiger partial charge in [-0.2, -0.15) is 0 Å². The van der Waals surface area contributed by atoms with Gasteiger partial charge in [-0.1, -0.05) is 32.4 Å². The van der Waals surface area contributed by atoms with Gasteiger partial charge in [-0.25, -0.2) is 0 Å². The quantitative estimate of drug-likeness (QED) is 0.538. The molecule has 0 radical (unpaired) electrons. The fourth-order valence-electron chi connectivity index (χ4n) is 2.96. The van der Waals surface area contributed by atoms with Crippen LogP contribution >= 0.6 is 0 Å². The van der Waals surface area contributed by atoms with Gasteiger partial charge in [-0.15, -0.1) is 0 Å². The molecule has 0 unspecified atom stereocenters. The van der Waals surface area contributed by atoms with Gasteiger partial charge >= 0.3 is 0 Å². The lowest BCUT2D eigenvalue weighted by Crippen LogP contribution is -2.39. The average molecular weight is 192 g/mol. The first kappa shape index (κ1) is 9.95. The molecule has 0 heterocycles. The zero-order valence-corrected chi connectivity index (χ0v) is 9.47. The molecule has 1 fully saturated rings. The highest BCUT2D eigenvalue weighted by Crippen LogP contribution is 2.50. The maximum atomic E-state index is 11.8. The monoisotopic (exact) mass is 192 g/mol. The van der Waals surface area contributed by atoms with Crippen molar-refractivity contribution < 1.29 is 4.79 Å². The van der Waals surface area contributed by atoms with Crippen LogP contribution in [0.4, 0.5) is 0 Å². The molecule has 0 spiro atoms. The van der Waals surface area contributed by atoms with Gasteiger partial charge in [0, 0.05) is 12.3 Å². The molecule has 0 bridgehead atoms. The van der Waals surface area contributed by atoms with Crippen molar-refractivity contribution in [2.75, 3.05) is 0 Å². The van der Waals surface area contributed by atoms with Crippen molar-refractivity contribution in [2.24, 2.45) is 17.3 Å². The van der Waals surface area contributed by atoms with Gasteiger partial charge in [0.2, 0.25) is 0 Å². The molecule has 1 saturated carbocycles. The summed E-state index contributed by atoms with van der Waals surface area (Å²) in [4.78, 5) is 11.8. The number of carbonyl (C=O) groups is 1. The van der Waals surface area contributed by atoms with Gasteiger partial charge in [0.25, 0.3) is 0 Å². The molecule has 1 heteroatoms. The molecular weight excluding hydrogens is 172 g/mol. The number of allylic oxidation sites excluding steroid dienone is 2. The summed E-state index contributed by atoms with van der Waals surface area (Å²) in [6, 6.07) is 0. The van der Waals surface area contributed by atoms with Gasteiger partial charge in [0.05, 0.1) is 0 Å². The van der Waals surface area contributed by atoms with Crippen LogP contribution in [0.1, 0.15) is 46.5 Å². The van der Waals surface area contributed by atoms with Gasteiger partial charge in [-0.3, -0.25) is 4.79 Å². The molecule has 0 aromatic rings. The van der Waals surface area contributed by atoms with E-state index in [1.165, 1.54) is 12.8 Å². The van der Waals surface area contributed by atoms with E-state index in [2.05, 4.69) is 26.8 Å². The lowest BCUT2D eigenvalue weighted by Gasteiger charge is -2.45. The summed E-state index contributed by atoms with van der Waals surface area (Å²) in [5.41, 5.74) is 1.75. The van der Waals surface area contributed by atoms with E-state index < -0.39 is 0 Å². The van der Waals surface area contributed by atoms with Crippen LogP contribution in [-0.4, -0.2) is 5.78 Å². The minimum absolute atomic E-state index is 0.196. The molecule has 2 aliphatic carbocycles. The van der Waals surface area contributed by atoms with Gasteiger partial charge in [0.1, 0.15) is 5.78 Å². The minimum atomic E-state index is 0.196. The third-order valence-corrected chi connectivity index (χ3v) is 4.43. The van der Waals surface area contributed by atoms with Crippen molar-refractivity contribution in [3.63, 3.8) is 0 Å². The van der Waals surface area contributed by atoms with Gasteiger partial charge in [0.15, 0.2) is 0 Å². The van der Waals surface area contributed by atoms with E-state index in [0.717, 1.165) is 12.8 Å². The van der Waals surface area contributed by atoms with Crippen LogP contribution in [0.15, 0.2) is 11.6 Å². The van der Waals surface area contributed by atoms with Crippen LogP contribution in [0, 0.1) is 17.3 Å². The van der Waals surface area contributed by atoms with Crippen LogP contribution in [-0.2, 0) is 4.79 Å². The standard InChI is InChI=1S/C13H20O/c1-9-7-11-6-4-5-10(2)13(11,3)8-12(9)14/h6,9-10H,4-5,7-8H2,1-3H3/t9-,10+,13-/m0/s1. The SMILES string of the molecule is C[C@@H]1CCC=C2C[C@H](C)C(=O)C[C@]21C. The Labute approximate surface area is 86.6 Å². The van der Waals surface area contributed by atoms with Crippen molar-refractivity contribution in [3.05, 3.63) is 11.6 Å². The Kier molecular flexibility index (Phi) is 2.29.